The molecule has 0 N–H and O–H groups in total. The number of rotatable bonds is 0. The van der Waals surface area contributed by atoms with Crippen molar-refractivity contribution >= 4 is 17.7 Å². The van der Waals surface area contributed by atoms with Crippen molar-refractivity contribution in [3.8, 4) is 0 Å². The first-order valence-corrected chi connectivity index (χ1v) is 6.32. The van der Waals surface area contributed by atoms with Crippen LogP contribution in [0.4, 0.5) is 0 Å². The van der Waals surface area contributed by atoms with Crippen LogP contribution in [-0.4, -0.2) is 23.1 Å². The van der Waals surface area contributed by atoms with E-state index < -0.39 is 0 Å². The number of hydrogen-bond donors (Lipinski definition) is 0. The van der Waals surface area contributed by atoms with Gasteiger partial charge in [-0.2, -0.15) is 11.8 Å². The topological polar surface area (TPSA) is 26.3 Å². The number of hydrogen-bond acceptors (Lipinski definition) is 3. The number of ether oxygens (including phenoxy) is 1. The van der Waals surface area contributed by atoms with Crippen LogP contribution in [0.3, 0.4) is 0 Å². The van der Waals surface area contributed by atoms with Gasteiger partial charge in [0.15, 0.2) is 0 Å². The Balaban J connectivity index is 1.99. The number of carbonyl (C=O) groups excluding carboxylic acids is 1. The van der Waals surface area contributed by atoms with Crippen molar-refractivity contribution in [1.29, 1.82) is 0 Å². The van der Waals surface area contributed by atoms with Gasteiger partial charge in [-0.15, -0.1) is 0 Å². The summed E-state index contributed by atoms with van der Waals surface area (Å²) in [5.41, 5.74) is 1.15. The predicted molar refractivity (Wildman–Crippen MR) is 56.1 cm³/mol. The second-order valence-corrected chi connectivity index (χ2v) is 5.77. The highest BCUT2D eigenvalue weighted by atomic mass is 32.2. The van der Waals surface area contributed by atoms with E-state index in [1.54, 1.807) is 0 Å². The van der Waals surface area contributed by atoms with Gasteiger partial charge in [0.25, 0.3) is 0 Å². The highest BCUT2D eigenvalue weighted by Gasteiger charge is 2.58. The zero-order chi connectivity index (χ0) is 9.76. The molecule has 1 spiro atoms. The number of esters is 1. The summed E-state index contributed by atoms with van der Waals surface area (Å²) in [7, 11) is 0. The van der Waals surface area contributed by atoms with Crippen LogP contribution in [0.5, 0.6) is 0 Å². The predicted octanol–water partition coefficient (Wildman–Crippen LogP) is 2.00. The van der Waals surface area contributed by atoms with Crippen molar-refractivity contribution in [1.82, 2.24) is 0 Å². The molecule has 0 aromatic carbocycles. The third kappa shape index (κ3) is 1.02. The second kappa shape index (κ2) is 2.78. The molecule has 0 radical (unpaired) electrons. The van der Waals surface area contributed by atoms with Crippen LogP contribution in [0.15, 0.2) is 12.2 Å². The van der Waals surface area contributed by atoms with Gasteiger partial charge in [-0.25, -0.2) is 0 Å². The van der Waals surface area contributed by atoms with Gasteiger partial charge < -0.3 is 4.74 Å². The molecule has 1 saturated carbocycles. The normalized spacial score (nSPS) is 46.0. The summed E-state index contributed by atoms with van der Waals surface area (Å²) in [6, 6.07) is 0. The van der Waals surface area contributed by atoms with Crippen LogP contribution < -0.4 is 0 Å². The molecular formula is C11H14O2S. The van der Waals surface area contributed by atoms with Gasteiger partial charge in [0.2, 0.25) is 0 Å². The van der Waals surface area contributed by atoms with Crippen LogP contribution in [0.2, 0.25) is 0 Å². The third-order valence-corrected chi connectivity index (χ3v) is 5.07. The lowest BCUT2D eigenvalue weighted by atomic mass is 9.80. The molecule has 0 bridgehead atoms. The average molecular weight is 210 g/mol. The highest BCUT2D eigenvalue weighted by molar-refractivity contribution is 7.99. The van der Waals surface area contributed by atoms with Crippen molar-refractivity contribution in [2.75, 3.05) is 11.5 Å². The van der Waals surface area contributed by atoms with Gasteiger partial charge >= 0.3 is 5.97 Å². The lowest BCUT2D eigenvalue weighted by Gasteiger charge is -2.38. The summed E-state index contributed by atoms with van der Waals surface area (Å²) in [6.07, 6.45) is 2.63. The fourth-order valence-corrected chi connectivity index (χ4v) is 4.69. The van der Waals surface area contributed by atoms with E-state index in [2.05, 4.69) is 6.58 Å². The molecule has 2 saturated heterocycles. The molecule has 1 unspecified atom stereocenters. The Morgan fingerprint density at radius 1 is 1.36 bits per heavy atom. The Bertz CT molecular complexity index is 280. The molecule has 3 aliphatic rings. The van der Waals surface area contributed by atoms with Crippen LogP contribution >= 0.6 is 11.8 Å². The quantitative estimate of drug-likeness (QED) is 0.452. The minimum Gasteiger partial charge on any atom is -0.458 e. The second-order valence-electron chi connectivity index (χ2n) is 4.70. The summed E-state index contributed by atoms with van der Waals surface area (Å²) >= 11 is 1.97. The molecule has 3 rings (SSSR count). The molecular weight excluding hydrogens is 196 g/mol. The molecule has 3 fully saturated rings. The monoisotopic (exact) mass is 210 g/mol. The smallest absolute Gasteiger partial charge is 0.306 e. The average Bonchev–Trinajstić information content (AvgIpc) is 2.57. The van der Waals surface area contributed by atoms with Gasteiger partial charge in [0.05, 0.1) is 6.42 Å². The first-order valence-electron chi connectivity index (χ1n) is 5.17. The van der Waals surface area contributed by atoms with Crippen molar-refractivity contribution < 1.29 is 9.53 Å². The van der Waals surface area contributed by atoms with E-state index in [1.165, 1.54) is 5.57 Å². The molecule has 2 aliphatic heterocycles. The van der Waals surface area contributed by atoms with E-state index in [4.69, 9.17) is 4.74 Å². The molecule has 0 aromatic rings. The zero-order valence-electron chi connectivity index (χ0n) is 8.12. The fourth-order valence-electron chi connectivity index (χ4n) is 3.19. The van der Waals surface area contributed by atoms with E-state index in [0.29, 0.717) is 18.3 Å². The molecule has 76 valence electrons. The number of carbonyl (C=O) groups is 1. The van der Waals surface area contributed by atoms with Crippen molar-refractivity contribution in [3.63, 3.8) is 0 Å². The molecule has 1 aliphatic carbocycles. The Morgan fingerprint density at radius 2 is 2.07 bits per heavy atom. The Kier molecular flexibility index (Phi) is 1.76. The minimum atomic E-state index is -0.126. The van der Waals surface area contributed by atoms with Crippen LogP contribution in [0.25, 0.3) is 0 Å². The van der Waals surface area contributed by atoms with E-state index >= 15 is 0 Å². The summed E-state index contributed by atoms with van der Waals surface area (Å²) in [4.78, 5) is 11.4. The summed E-state index contributed by atoms with van der Waals surface area (Å²) in [5.74, 6) is 3.25. The van der Waals surface area contributed by atoms with Crippen molar-refractivity contribution in [3.05, 3.63) is 12.2 Å². The molecule has 14 heavy (non-hydrogen) atoms. The molecule has 0 amide bonds. The van der Waals surface area contributed by atoms with E-state index in [-0.39, 0.29) is 11.6 Å². The molecule has 0 aromatic heterocycles. The number of thioether (sulfide) groups is 1. The Hall–Kier alpha value is -0.440. The highest BCUT2D eigenvalue weighted by Crippen LogP contribution is 2.55. The van der Waals surface area contributed by atoms with Crippen LogP contribution in [0, 0.1) is 11.8 Å². The summed E-state index contributed by atoms with van der Waals surface area (Å²) < 4.78 is 5.63. The van der Waals surface area contributed by atoms with Crippen LogP contribution in [0.1, 0.15) is 19.3 Å². The van der Waals surface area contributed by atoms with E-state index in [1.807, 2.05) is 11.8 Å². The van der Waals surface area contributed by atoms with E-state index in [0.717, 1.165) is 24.3 Å². The molecule has 3 atom stereocenters. The van der Waals surface area contributed by atoms with E-state index in [9.17, 15) is 4.79 Å². The fraction of sp³-hybridized carbons (Fsp3) is 0.727. The van der Waals surface area contributed by atoms with Crippen molar-refractivity contribution in [2.24, 2.45) is 11.8 Å². The van der Waals surface area contributed by atoms with Crippen LogP contribution in [-0.2, 0) is 9.53 Å². The van der Waals surface area contributed by atoms with Gasteiger partial charge in [-0.3, -0.25) is 4.79 Å². The summed E-state index contributed by atoms with van der Waals surface area (Å²) in [5, 5.41) is 0. The summed E-state index contributed by atoms with van der Waals surface area (Å²) in [6.45, 7) is 4.06. The first-order chi connectivity index (χ1) is 6.71. The van der Waals surface area contributed by atoms with Gasteiger partial charge in [0.1, 0.15) is 5.60 Å². The Labute approximate surface area is 88.1 Å². The maximum Gasteiger partial charge on any atom is 0.306 e. The standard InChI is InChI=1S/C11H14O2S/c1-7-2-8-5-14-6-9-3-10(12)13-11(8,9)4-7/h8-9H,1-6H2/t8?,9-,11+/m1/s1. The lowest BCUT2D eigenvalue weighted by Crippen LogP contribution is -2.44. The first kappa shape index (κ1) is 8.84. The van der Waals surface area contributed by atoms with Gasteiger partial charge in [-0.1, -0.05) is 12.2 Å². The lowest BCUT2D eigenvalue weighted by molar-refractivity contribution is -0.151. The molecule has 2 nitrogen and oxygen atoms in total. The van der Waals surface area contributed by atoms with Gasteiger partial charge in [0, 0.05) is 29.8 Å². The molecule has 2 heterocycles. The minimum absolute atomic E-state index is 0.0113. The van der Waals surface area contributed by atoms with Crippen molar-refractivity contribution in [2.45, 2.75) is 24.9 Å². The third-order valence-electron chi connectivity index (χ3n) is 3.80. The maximum absolute atomic E-state index is 11.4. The maximum atomic E-state index is 11.4. The zero-order valence-corrected chi connectivity index (χ0v) is 8.94. The Morgan fingerprint density at radius 3 is 2.86 bits per heavy atom. The molecule has 3 heteroatoms. The van der Waals surface area contributed by atoms with Gasteiger partial charge in [-0.05, 0) is 6.42 Å². The SMILES string of the molecule is C=C1CC2CSC[C@H]3CC(=O)O[C@@]23C1. The largest absolute Gasteiger partial charge is 0.458 e.